The fourth-order valence-corrected chi connectivity index (χ4v) is 9.70. The first-order valence-corrected chi connectivity index (χ1v) is 21.4. The Labute approximate surface area is 361 Å². The number of hydrogen-bond donors (Lipinski definition) is 0. The monoisotopic (exact) mass is 791 g/mol. The van der Waals surface area contributed by atoms with Crippen molar-refractivity contribution in [2.45, 2.75) is 6.42 Å². The van der Waals surface area contributed by atoms with Crippen molar-refractivity contribution in [1.82, 2.24) is 4.57 Å². The highest BCUT2D eigenvalue weighted by Crippen LogP contribution is 2.49. The van der Waals surface area contributed by atoms with Gasteiger partial charge in [0, 0.05) is 39.2 Å². The molecule has 1 aromatic heterocycles. The normalized spacial score (nSPS) is 11.8. The van der Waals surface area contributed by atoms with E-state index in [0.717, 1.165) is 57.3 Å². The summed E-state index contributed by atoms with van der Waals surface area (Å²) in [5.41, 5.74) is 17.8. The van der Waals surface area contributed by atoms with Crippen LogP contribution in [0.2, 0.25) is 0 Å². The van der Waals surface area contributed by atoms with Crippen LogP contribution in [0.1, 0.15) is 11.1 Å². The zero-order valence-electron chi connectivity index (χ0n) is 34.1. The van der Waals surface area contributed by atoms with Gasteiger partial charge in [0.1, 0.15) is 0 Å². The Morgan fingerprint density at radius 3 is 1.56 bits per heavy atom. The highest BCUT2D eigenvalue weighted by molar-refractivity contribution is 6.18. The average molecular weight is 792 g/mol. The topological polar surface area (TPSA) is 11.4 Å². The maximum atomic E-state index is 2.48. The lowest BCUT2D eigenvalue weighted by molar-refractivity contribution is 1.17. The molecule has 62 heavy (non-hydrogen) atoms. The van der Waals surface area contributed by atoms with E-state index in [1.165, 1.54) is 54.9 Å². The zero-order valence-corrected chi connectivity index (χ0v) is 34.1. The molecule has 1 aliphatic rings. The van der Waals surface area contributed by atoms with Crippen LogP contribution in [0.15, 0.2) is 237 Å². The maximum absolute atomic E-state index is 2.48. The molecule has 12 rings (SSSR count). The minimum absolute atomic E-state index is 0.898. The van der Waals surface area contributed by atoms with Crippen LogP contribution in [0, 0.1) is 0 Å². The number of aromatic nitrogens is 1. The molecular weight excluding hydrogens is 751 g/mol. The van der Waals surface area contributed by atoms with Gasteiger partial charge >= 0.3 is 0 Å². The Hall–Kier alpha value is -8.14. The summed E-state index contributed by atoms with van der Waals surface area (Å²) in [6.45, 7) is 0. The number of rotatable bonds is 8. The van der Waals surface area contributed by atoms with Crippen LogP contribution < -0.4 is 9.80 Å². The average Bonchev–Trinajstić information content (AvgIpc) is 3.87. The SMILES string of the molecule is c1ccc(-c2ccc(-n3c4ccccc4c4c(N(c5ccccc5)c5ccc6c(c5)Cc5cc7ccccc7cc5-6)cc(N(c5ccccc5)c5ccccc5)cc43)cc2)cc1. The minimum atomic E-state index is 0.898. The molecule has 292 valence electrons. The van der Waals surface area contributed by atoms with E-state index in [2.05, 4.69) is 251 Å². The molecule has 11 aromatic rings. The van der Waals surface area contributed by atoms with Crippen molar-refractivity contribution >= 4 is 66.7 Å². The molecule has 1 aliphatic carbocycles. The van der Waals surface area contributed by atoms with Gasteiger partial charge in [-0.2, -0.15) is 0 Å². The fourth-order valence-electron chi connectivity index (χ4n) is 9.70. The Balaban J connectivity index is 1.13. The van der Waals surface area contributed by atoms with Crippen LogP contribution in [0.3, 0.4) is 0 Å². The molecule has 3 nitrogen and oxygen atoms in total. The molecule has 0 fully saturated rings. The second kappa shape index (κ2) is 14.8. The first-order chi connectivity index (χ1) is 30.7. The predicted octanol–water partition coefficient (Wildman–Crippen LogP) is 16.1. The van der Waals surface area contributed by atoms with E-state index in [1.807, 2.05) is 0 Å². The third kappa shape index (κ3) is 6.05. The first kappa shape index (κ1) is 35.8. The van der Waals surface area contributed by atoms with E-state index in [9.17, 15) is 0 Å². The Bertz CT molecular complexity index is 3370. The molecule has 10 aromatic carbocycles. The molecule has 0 saturated carbocycles. The number of hydrogen-bond acceptors (Lipinski definition) is 2. The van der Waals surface area contributed by atoms with Crippen molar-refractivity contribution in [1.29, 1.82) is 0 Å². The molecule has 0 atom stereocenters. The third-order valence-electron chi connectivity index (χ3n) is 12.5. The molecule has 0 radical (unpaired) electrons. The summed E-state index contributed by atoms with van der Waals surface area (Å²) in [7, 11) is 0. The van der Waals surface area contributed by atoms with Crippen molar-refractivity contribution in [3.63, 3.8) is 0 Å². The highest BCUT2D eigenvalue weighted by Gasteiger charge is 2.27. The smallest absolute Gasteiger partial charge is 0.0583 e. The van der Waals surface area contributed by atoms with Crippen LogP contribution in [0.5, 0.6) is 0 Å². The van der Waals surface area contributed by atoms with Gasteiger partial charge in [-0.1, -0.05) is 152 Å². The largest absolute Gasteiger partial charge is 0.310 e. The molecule has 0 bridgehead atoms. The Kier molecular flexibility index (Phi) is 8.57. The predicted molar refractivity (Wildman–Crippen MR) is 261 cm³/mol. The first-order valence-electron chi connectivity index (χ1n) is 21.4. The van der Waals surface area contributed by atoms with Gasteiger partial charge in [-0.15, -0.1) is 0 Å². The summed E-state index contributed by atoms with van der Waals surface area (Å²) in [6, 6.07) is 86.2. The second-order valence-electron chi connectivity index (χ2n) is 16.2. The quantitative estimate of drug-likeness (QED) is 0.152. The van der Waals surface area contributed by atoms with Crippen molar-refractivity contribution in [2.75, 3.05) is 9.80 Å². The van der Waals surface area contributed by atoms with Crippen molar-refractivity contribution in [3.8, 4) is 27.9 Å². The van der Waals surface area contributed by atoms with Gasteiger partial charge in [0.05, 0.1) is 22.4 Å². The fraction of sp³-hybridized carbons (Fsp3) is 0.0169. The molecule has 0 spiro atoms. The summed E-state index contributed by atoms with van der Waals surface area (Å²) in [5.74, 6) is 0. The van der Waals surface area contributed by atoms with Crippen LogP contribution in [0.25, 0.3) is 60.5 Å². The van der Waals surface area contributed by atoms with Gasteiger partial charge in [0.15, 0.2) is 0 Å². The van der Waals surface area contributed by atoms with Gasteiger partial charge in [-0.25, -0.2) is 0 Å². The Morgan fingerprint density at radius 1 is 0.339 bits per heavy atom. The van der Waals surface area contributed by atoms with E-state index in [0.29, 0.717) is 0 Å². The van der Waals surface area contributed by atoms with E-state index >= 15 is 0 Å². The van der Waals surface area contributed by atoms with Crippen LogP contribution in [-0.4, -0.2) is 4.57 Å². The number of nitrogens with zero attached hydrogens (tertiary/aromatic N) is 3. The van der Waals surface area contributed by atoms with E-state index in [1.54, 1.807) is 0 Å². The summed E-state index contributed by atoms with van der Waals surface area (Å²) in [5, 5.41) is 4.96. The molecular formula is C59H41N3. The number of fused-ring (bicyclic) bond motifs is 7. The van der Waals surface area contributed by atoms with Gasteiger partial charge in [-0.05, 0) is 136 Å². The molecule has 3 heteroatoms. The van der Waals surface area contributed by atoms with E-state index in [-0.39, 0.29) is 0 Å². The van der Waals surface area contributed by atoms with Crippen LogP contribution >= 0.6 is 0 Å². The molecule has 0 amide bonds. The molecule has 0 aliphatic heterocycles. The van der Waals surface area contributed by atoms with E-state index in [4.69, 9.17) is 0 Å². The lowest BCUT2D eigenvalue weighted by atomic mass is 10.0. The lowest BCUT2D eigenvalue weighted by Crippen LogP contribution is -2.14. The van der Waals surface area contributed by atoms with Crippen molar-refractivity contribution in [3.05, 3.63) is 248 Å². The third-order valence-corrected chi connectivity index (χ3v) is 12.5. The zero-order chi connectivity index (χ0) is 41.0. The minimum Gasteiger partial charge on any atom is -0.310 e. The van der Waals surface area contributed by atoms with Crippen molar-refractivity contribution in [2.24, 2.45) is 0 Å². The summed E-state index contributed by atoms with van der Waals surface area (Å²) < 4.78 is 2.45. The molecule has 0 unspecified atom stereocenters. The molecule has 0 saturated heterocycles. The maximum Gasteiger partial charge on any atom is 0.0583 e. The van der Waals surface area contributed by atoms with Crippen LogP contribution in [0.4, 0.5) is 34.1 Å². The van der Waals surface area contributed by atoms with Gasteiger partial charge in [-0.3, -0.25) is 0 Å². The standard InChI is InChI=1S/C59H41N3/c1-5-17-41(18-6-1)42-29-31-50(32-30-42)62-56-28-16-15-27-54(56)59-57(39-52(40-58(59)62)60(47-21-7-2-8-22-47)48-23-9-3-10-24-48)61(49-25-11-4-12-26-49)51-33-34-53-46(37-51)36-45-35-43-19-13-14-20-44(43)38-55(45)53/h1-35,37-40H,36H2. The highest BCUT2D eigenvalue weighted by atomic mass is 15.2. The molecule has 1 heterocycles. The summed E-state index contributed by atoms with van der Waals surface area (Å²) >= 11 is 0. The summed E-state index contributed by atoms with van der Waals surface area (Å²) in [4.78, 5) is 4.87. The van der Waals surface area contributed by atoms with E-state index < -0.39 is 0 Å². The Morgan fingerprint density at radius 2 is 0.887 bits per heavy atom. The van der Waals surface area contributed by atoms with Gasteiger partial charge in [0.25, 0.3) is 0 Å². The molecule has 0 N–H and O–H groups in total. The summed E-state index contributed by atoms with van der Waals surface area (Å²) in [6.07, 6.45) is 0.898. The lowest BCUT2D eigenvalue weighted by Gasteiger charge is -2.30. The van der Waals surface area contributed by atoms with Gasteiger partial charge < -0.3 is 14.4 Å². The second-order valence-corrected chi connectivity index (χ2v) is 16.2. The van der Waals surface area contributed by atoms with Crippen LogP contribution in [-0.2, 0) is 6.42 Å². The van der Waals surface area contributed by atoms with Gasteiger partial charge in [0.2, 0.25) is 0 Å². The number of benzene rings is 10. The number of anilines is 6. The van der Waals surface area contributed by atoms with Crippen molar-refractivity contribution < 1.29 is 0 Å². The number of para-hydroxylation sites is 4.